The summed E-state index contributed by atoms with van der Waals surface area (Å²) in [6.45, 7) is 9.63. The molecule has 1 aliphatic carbocycles. The molecule has 1 saturated carbocycles. The minimum absolute atomic E-state index is 0.0632. The average Bonchev–Trinajstić information content (AvgIpc) is 3.75. The van der Waals surface area contributed by atoms with Crippen molar-refractivity contribution in [1.29, 1.82) is 0 Å². The number of rotatable bonds is 12. The average molecular weight is 564 g/mol. The summed E-state index contributed by atoms with van der Waals surface area (Å²) in [7, 11) is 0. The number of aryl methyl sites for hydroxylation is 2. The zero-order valence-electron chi connectivity index (χ0n) is 25.2. The number of nitrogens with zero attached hydrogens (tertiary/aromatic N) is 3. The van der Waals surface area contributed by atoms with Crippen LogP contribution in [0.3, 0.4) is 0 Å². The van der Waals surface area contributed by atoms with E-state index in [2.05, 4.69) is 69.3 Å². The van der Waals surface area contributed by atoms with Crippen molar-refractivity contribution in [2.24, 2.45) is 5.92 Å². The topological polar surface area (TPSA) is 74.0 Å². The maximum Gasteiger partial charge on any atom is 0.346 e. The number of aromatic nitrogens is 3. The molecule has 0 saturated heterocycles. The fraction of sp³-hybridized carbons (Fsp3) is 0.389. The molecule has 0 bridgehead atoms. The van der Waals surface area contributed by atoms with Gasteiger partial charge in [-0.25, -0.2) is 9.48 Å². The Morgan fingerprint density at radius 2 is 1.57 bits per heavy atom. The maximum atomic E-state index is 13.0. The molecule has 218 valence electrons. The van der Waals surface area contributed by atoms with E-state index >= 15 is 0 Å². The van der Waals surface area contributed by atoms with E-state index in [0.29, 0.717) is 31.0 Å². The van der Waals surface area contributed by atoms with Crippen molar-refractivity contribution < 1.29 is 9.59 Å². The predicted molar refractivity (Wildman–Crippen MR) is 167 cm³/mol. The molecule has 4 aromatic rings. The van der Waals surface area contributed by atoms with Crippen LogP contribution in [0.2, 0.25) is 0 Å². The molecule has 1 aromatic heterocycles. The number of carbonyl (C=O) groups excluding carboxylic acids is 2. The van der Waals surface area contributed by atoms with Gasteiger partial charge in [-0.1, -0.05) is 87.5 Å². The maximum absolute atomic E-state index is 13.0. The first-order chi connectivity index (χ1) is 20.1. The van der Waals surface area contributed by atoms with Crippen molar-refractivity contribution in [2.45, 2.75) is 84.7 Å². The molecule has 1 aliphatic rings. The monoisotopic (exact) mass is 563 g/mol. The number of benzene rings is 3. The first-order valence-electron chi connectivity index (χ1n) is 15.1. The van der Waals surface area contributed by atoms with Gasteiger partial charge in [-0.3, -0.25) is 14.2 Å². The Hall–Kier alpha value is -4.06. The van der Waals surface area contributed by atoms with Crippen LogP contribution in [0.1, 0.15) is 86.3 Å². The molecule has 0 atom stereocenters. The second-order valence-electron chi connectivity index (χ2n) is 12.6. The number of Topliss-reactive ketones (excluding diaryl/α,β-unsaturated/α-hetero) is 2. The SMILES string of the molecule is CCn1c(CCCc2ccc(-c3cccc(C(=O)C(=O)CC4CC4)c3)cc2)nn(Cc2ccc(C(C)(C)C)cc2)c1=O. The highest BCUT2D eigenvalue weighted by Crippen LogP contribution is 2.33. The Morgan fingerprint density at radius 3 is 2.21 bits per heavy atom. The van der Waals surface area contributed by atoms with E-state index in [1.54, 1.807) is 15.3 Å². The third kappa shape index (κ3) is 7.04. The highest BCUT2D eigenvalue weighted by atomic mass is 16.2. The molecule has 42 heavy (non-hydrogen) atoms. The van der Waals surface area contributed by atoms with Gasteiger partial charge in [0.15, 0.2) is 0 Å². The van der Waals surface area contributed by atoms with E-state index in [9.17, 15) is 14.4 Å². The van der Waals surface area contributed by atoms with Crippen molar-refractivity contribution in [3.05, 3.63) is 111 Å². The van der Waals surface area contributed by atoms with Crippen molar-refractivity contribution in [2.75, 3.05) is 0 Å². The Balaban J connectivity index is 1.19. The molecule has 6 nitrogen and oxygen atoms in total. The van der Waals surface area contributed by atoms with Gasteiger partial charge in [0.25, 0.3) is 0 Å². The molecule has 0 spiro atoms. The van der Waals surface area contributed by atoms with Gasteiger partial charge < -0.3 is 0 Å². The zero-order valence-corrected chi connectivity index (χ0v) is 25.2. The zero-order chi connectivity index (χ0) is 29.9. The van der Waals surface area contributed by atoms with E-state index in [-0.39, 0.29) is 22.7 Å². The summed E-state index contributed by atoms with van der Waals surface area (Å²) >= 11 is 0. The van der Waals surface area contributed by atoms with Crippen LogP contribution in [0.5, 0.6) is 0 Å². The quantitative estimate of drug-likeness (QED) is 0.140. The van der Waals surface area contributed by atoms with E-state index in [1.165, 1.54) is 11.1 Å². The molecule has 6 heteroatoms. The summed E-state index contributed by atoms with van der Waals surface area (Å²) in [4.78, 5) is 37.9. The normalized spacial score (nSPS) is 13.3. The van der Waals surface area contributed by atoms with E-state index in [0.717, 1.165) is 54.6 Å². The van der Waals surface area contributed by atoms with Crippen molar-refractivity contribution in [1.82, 2.24) is 14.3 Å². The summed E-state index contributed by atoms with van der Waals surface area (Å²) in [5, 5.41) is 4.70. The molecule has 0 N–H and O–H groups in total. The molecule has 1 fully saturated rings. The Morgan fingerprint density at radius 1 is 0.881 bits per heavy atom. The molecule has 1 heterocycles. The fourth-order valence-electron chi connectivity index (χ4n) is 5.37. The lowest BCUT2D eigenvalue weighted by atomic mass is 9.87. The van der Waals surface area contributed by atoms with Gasteiger partial charge in [0.2, 0.25) is 11.6 Å². The van der Waals surface area contributed by atoms with Gasteiger partial charge in [-0.05, 0) is 77.8 Å². The van der Waals surface area contributed by atoms with Gasteiger partial charge >= 0.3 is 5.69 Å². The summed E-state index contributed by atoms with van der Waals surface area (Å²) in [5.41, 5.74) is 5.97. The highest BCUT2D eigenvalue weighted by molar-refractivity contribution is 6.43. The summed E-state index contributed by atoms with van der Waals surface area (Å²) in [6, 6.07) is 24.1. The molecule has 0 amide bonds. The lowest BCUT2D eigenvalue weighted by Gasteiger charge is -2.19. The Labute approximate surface area is 248 Å². The van der Waals surface area contributed by atoms with E-state index in [1.807, 2.05) is 25.1 Å². The summed E-state index contributed by atoms with van der Waals surface area (Å²) in [5.74, 6) is 0.562. The molecule has 5 rings (SSSR count). The van der Waals surface area contributed by atoms with E-state index in [4.69, 9.17) is 5.10 Å². The number of ketones is 2. The van der Waals surface area contributed by atoms with Crippen molar-refractivity contribution in [3.8, 4) is 11.1 Å². The Kier molecular flexibility index (Phi) is 8.72. The third-order valence-electron chi connectivity index (χ3n) is 8.17. The molecule has 0 unspecified atom stereocenters. The van der Waals surface area contributed by atoms with Crippen LogP contribution in [0.15, 0.2) is 77.6 Å². The highest BCUT2D eigenvalue weighted by Gasteiger charge is 2.28. The predicted octanol–water partition coefficient (Wildman–Crippen LogP) is 6.80. The number of hydrogen-bond donors (Lipinski definition) is 0. The summed E-state index contributed by atoms with van der Waals surface area (Å²) < 4.78 is 3.36. The smallest absolute Gasteiger partial charge is 0.290 e. The van der Waals surface area contributed by atoms with Crippen LogP contribution < -0.4 is 5.69 Å². The van der Waals surface area contributed by atoms with Gasteiger partial charge in [-0.2, -0.15) is 5.10 Å². The van der Waals surface area contributed by atoms with Crippen LogP contribution in [-0.4, -0.2) is 25.9 Å². The minimum atomic E-state index is -0.383. The lowest BCUT2D eigenvalue weighted by Crippen LogP contribution is -2.25. The van der Waals surface area contributed by atoms with Gasteiger partial charge in [0.1, 0.15) is 5.82 Å². The number of hydrogen-bond acceptors (Lipinski definition) is 4. The number of carbonyl (C=O) groups is 2. The van der Waals surface area contributed by atoms with Crippen molar-refractivity contribution >= 4 is 11.6 Å². The largest absolute Gasteiger partial charge is 0.346 e. The second-order valence-corrected chi connectivity index (χ2v) is 12.6. The van der Waals surface area contributed by atoms with Crippen LogP contribution in [-0.2, 0) is 36.1 Å². The van der Waals surface area contributed by atoms with Gasteiger partial charge in [0, 0.05) is 24.9 Å². The van der Waals surface area contributed by atoms with Crippen LogP contribution in [0.25, 0.3) is 11.1 Å². The molecular formula is C36H41N3O3. The Bertz CT molecular complexity index is 1620. The van der Waals surface area contributed by atoms with Crippen LogP contribution in [0.4, 0.5) is 0 Å². The van der Waals surface area contributed by atoms with E-state index < -0.39 is 0 Å². The van der Waals surface area contributed by atoms with Gasteiger partial charge in [-0.15, -0.1) is 0 Å². The molecule has 3 aromatic carbocycles. The summed E-state index contributed by atoms with van der Waals surface area (Å²) in [6.07, 6.45) is 4.95. The second kappa shape index (κ2) is 12.4. The lowest BCUT2D eigenvalue weighted by molar-refractivity contribution is -0.115. The van der Waals surface area contributed by atoms with Gasteiger partial charge in [0.05, 0.1) is 6.54 Å². The molecule has 0 aliphatic heterocycles. The van der Waals surface area contributed by atoms with Crippen LogP contribution >= 0.6 is 0 Å². The molecule has 0 radical (unpaired) electrons. The fourth-order valence-corrected chi connectivity index (χ4v) is 5.37. The first kappa shape index (κ1) is 29.4. The molecular weight excluding hydrogens is 522 g/mol. The standard InChI is InChI=1S/C36H41N3O3/c1-5-38-33(37-39(35(38)42)24-27-16-20-31(21-17-27)36(2,3)4)11-6-8-25-14-18-28(19-15-25)29-9-7-10-30(23-29)34(41)32(40)22-26-12-13-26/h7,9-10,14-21,23,26H,5-6,8,11-13,22,24H2,1-4H3. The third-order valence-corrected chi connectivity index (χ3v) is 8.17. The van der Waals surface area contributed by atoms with Crippen LogP contribution in [0, 0.1) is 5.92 Å². The first-order valence-corrected chi connectivity index (χ1v) is 15.1. The minimum Gasteiger partial charge on any atom is -0.290 e. The van der Waals surface area contributed by atoms with Crippen molar-refractivity contribution in [3.63, 3.8) is 0 Å².